The second-order valence-corrected chi connectivity index (χ2v) is 14.1. The lowest BCUT2D eigenvalue weighted by atomic mass is 9.85. The Kier molecular flexibility index (Phi) is 13.6. The molecule has 2 heterocycles. The van der Waals surface area contributed by atoms with E-state index in [-0.39, 0.29) is 18.8 Å². The van der Waals surface area contributed by atoms with Crippen molar-refractivity contribution in [3.8, 4) is 0 Å². The second-order valence-electron chi connectivity index (χ2n) is 11.8. The monoisotopic (exact) mass is 662 g/mol. The maximum absolute atomic E-state index is 14.0. The van der Waals surface area contributed by atoms with E-state index < -0.39 is 49.4 Å². The highest BCUT2D eigenvalue weighted by Crippen LogP contribution is 2.52. The van der Waals surface area contributed by atoms with Crippen LogP contribution in [-0.2, 0) is 40.8 Å². The summed E-state index contributed by atoms with van der Waals surface area (Å²) in [7, 11) is -1.60. The largest absolute Gasteiger partial charge is 0.379 e. The van der Waals surface area contributed by atoms with Crippen LogP contribution in [-0.4, -0.2) is 102 Å². The molecular formula is C31H47N6O8P. The standard InChI is InChI=1S/C31H47N6O8P/c1-43-46(42,44-2)30(40)27(18-23-11-7-4-8-12-23)35-29(39)26(19-24-20-32-21-33-24)34-28(38)25(17-22-9-5-3-6-10-22)36-31(41)37-13-15-45-16-14-37/h3,5-6,9-10,20-21,23,25-27,30,40H,4,7-8,11-19H2,1-2H3,(H,32,33)(H,34,38)(H,35,39)(H,36,41)/t25-,26-,27-,30-/m0/s1. The number of imidazole rings is 1. The second kappa shape index (κ2) is 17.6. The number of carbonyl (C=O) groups excluding carboxylic acids is 3. The number of benzene rings is 1. The van der Waals surface area contributed by atoms with Crippen molar-refractivity contribution in [2.45, 2.75) is 75.3 Å². The lowest BCUT2D eigenvalue weighted by Crippen LogP contribution is -2.59. The zero-order valence-electron chi connectivity index (χ0n) is 26.6. The Hall–Kier alpha value is -3.29. The lowest BCUT2D eigenvalue weighted by Gasteiger charge is -2.33. The first-order valence-corrected chi connectivity index (χ1v) is 17.5. The van der Waals surface area contributed by atoms with Gasteiger partial charge in [-0.1, -0.05) is 62.4 Å². The van der Waals surface area contributed by atoms with Crippen molar-refractivity contribution in [1.82, 2.24) is 30.8 Å². The van der Waals surface area contributed by atoms with Crippen LogP contribution in [0.15, 0.2) is 42.9 Å². The predicted molar refractivity (Wildman–Crippen MR) is 170 cm³/mol. The van der Waals surface area contributed by atoms with E-state index in [2.05, 4.69) is 25.9 Å². The molecule has 2 aliphatic rings. The van der Waals surface area contributed by atoms with Gasteiger partial charge in [0.2, 0.25) is 11.8 Å². The Morgan fingerprint density at radius 3 is 2.28 bits per heavy atom. The van der Waals surface area contributed by atoms with Crippen molar-refractivity contribution >= 4 is 25.4 Å². The average Bonchev–Trinajstić information content (AvgIpc) is 3.61. The maximum Gasteiger partial charge on any atom is 0.360 e. The smallest absolute Gasteiger partial charge is 0.360 e. The van der Waals surface area contributed by atoms with Crippen LogP contribution in [0.3, 0.4) is 0 Å². The normalized spacial score (nSPS) is 18.6. The first kappa shape index (κ1) is 35.6. The lowest BCUT2D eigenvalue weighted by molar-refractivity contribution is -0.130. The molecule has 4 atom stereocenters. The van der Waals surface area contributed by atoms with Gasteiger partial charge in [-0.15, -0.1) is 0 Å². The zero-order chi connectivity index (χ0) is 32.9. The van der Waals surface area contributed by atoms with E-state index in [1.807, 2.05) is 30.3 Å². The molecule has 15 heteroatoms. The topological polar surface area (TPSA) is 184 Å². The van der Waals surface area contributed by atoms with Gasteiger partial charge in [-0.2, -0.15) is 0 Å². The molecule has 4 rings (SSSR count). The minimum atomic E-state index is -3.97. The Labute approximate surface area is 269 Å². The number of hydrogen-bond acceptors (Lipinski definition) is 9. The number of H-pyrrole nitrogens is 1. The number of nitrogens with one attached hydrogen (secondary N) is 4. The highest BCUT2D eigenvalue weighted by Gasteiger charge is 2.41. The molecule has 0 spiro atoms. The predicted octanol–water partition coefficient (Wildman–Crippen LogP) is 2.35. The molecule has 1 saturated heterocycles. The number of rotatable bonds is 15. The van der Waals surface area contributed by atoms with Crippen LogP contribution in [0.5, 0.6) is 0 Å². The van der Waals surface area contributed by atoms with E-state index in [0.717, 1.165) is 37.7 Å². The number of hydrogen-bond donors (Lipinski definition) is 5. The fourth-order valence-electron chi connectivity index (χ4n) is 6.00. The van der Waals surface area contributed by atoms with E-state index in [9.17, 15) is 24.1 Å². The quantitative estimate of drug-likeness (QED) is 0.179. The molecule has 0 bridgehead atoms. The molecule has 4 amide bonds. The Morgan fingerprint density at radius 2 is 1.65 bits per heavy atom. The molecule has 14 nitrogen and oxygen atoms in total. The molecule has 2 aromatic rings. The highest BCUT2D eigenvalue weighted by atomic mass is 31.2. The Morgan fingerprint density at radius 1 is 1.00 bits per heavy atom. The molecule has 1 saturated carbocycles. The van der Waals surface area contributed by atoms with Gasteiger partial charge in [0.05, 0.1) is 25.6 Å². The molecule has 1 aliphatic carbocycles. The number of aliphatic hydroxyl groups is 1. The molecule has 5 N–H and O–H groups in total. The summed E-state index contributed by atoms with van der Waals surface area (Å²) in [6.45, 7) is 1.60. The summed E-state index contributed by atoms with van der Waals surface area (Å²) in [6, 6.07) is 5.77. The first-order valence-electron chi connectivity index (χ1n) is 15.9. The van der Waals surface area contributed by atoms with Crippen LogP contribution in [0.1, 0.15) is 49.8 Å². The van der Waals surface area contributed by atoms with Crippen molar-refractivity contribution < 1.29 is 37.8 Å². The Bertz CT molecular complexity index is 1280. The van der Waals surface area contributed by atoms with Crippen molar-refractivity contribution in [3.63, 3.8) is 0 Å². The van der Waals surface area contributed by atoms with Crippen molar-refractivity contribution in [1.29, 1.82) is 0 Å². The third-order valence-electron chi connectivity index (χ3n) is 8.64. The summed E-state index contributed by atoms with van der Waals surface area (Å²) < 4.78 is 28.8. The molecular weight excluding hydrogens is 615 g/mol. The van der Waals surface area contributed by atoms with Gasteiger partial charge < -0.3 is 44.7 Å². The van der Waals surface area contributed by atoms with Crippen molar-refractivity contribution in [2.75, 3.05) is 40.5 Å². The number of carbonyl (C=O) groups is 3. The SMILES string of the molecule is COP(=O)(OC)[C@H](O)[C@H](CC1CCCCC1)NC(=O)[C@H](Cc1cnc[nH]1)NC(=O)[C@H](Cc1ccccc1)NC(=O)N1CCOCC1. The zero-order valence-corrected chi connectivity index (χ0v) is 27.5. The van der Waals surface area contributed by atoms with Crippen LogP contribution in [0.4, 0.5) is 4.79 Å². The Balaban J connectivity index is 1.56. The first-order chi connectivity index (χ1) is 22.2. The number of amides is 4. The minimum absolute atomic E-state index is 0.0471. The molecule has 0 unspecified atom stereocenters. The van der Waals surface area contributed by atoms with E-state index >= 15 is 0 Å². The summed E-state index contributed by atoms with van der Waals surface area (Å²) in [4.78, 5) is 49.6. The molecule has 0 radical (unpaired) electrons. The third kappa shape index (κ3) is 10.1. The number of aromatic amines is 1. The molecule has 1 aliphatic heterocycles. The summed E-state index contributed by atoms with van der Waals surface area (Å²) in [6.07, 6.45) is 8.64. The number of aliphatic hydroxyl groups excluding tert-OH is 1. The van der Waals surface area contributed by atoms with E-state index in [0.29, 0.717) is 38.4 Å². The third-order valence-corrected chi connectivity index (χ3v) is 10.7. The van der Waals surface area contributed by atoms with Gasteiger partial charge in [-0.25, -0.2) is 9.78 Å². The van der Waals surface area contributed by atoms with Crippen molar-refractivity contribution in [2.24, 2.45) is 5.92 Å². The number of morpholine rings is 1. The van der Waals surface area contributed by atoms with Crippen LogP contribution >= 0.6 is 7.60 Å². The molecule has 46 heavy (non-hydrogen) atoms. The van der Waals surface area contributed by atoms with Crippen LogP contribution in [0.25, 0.3) is 0 Å². The van der Waals surface area contributed by atoms with Crippen LogP contribution in [0, 0.1) is 5.92 Å². The van der Waals surface area contributed by atoms with Crippen molar-refractivity contribution in [3.05, 3.63) is 54.1 Å². The fourth-order valence-corrected chi connectivity index (χ4v) is 7.21. The van der Waals surface area contributed by atoms with Crippen LogP contribution < -0.4 is 16.0 Å². The van der Waals surface area contributed by atoms with Gasteiger partial charge in [-0.3, -0.25) is 14.2 Å². The van der Waals surface area contributed by atoms with E-state index in [4.69, 9.17) is 13.8 Å². The van der Waals surface area contributed by atoms with E-state index in [1.165, 1.54) is 20.5 Å². The maximum atomic E-state index is 14.0. The molecule has 254 valence electrons. The number of ether oxygens (including phenoxy) is 1. The molecule has 1 aromatic heterocycles. The fraction of sp³-hybridized carbons (Fsp3) is 0.613. The number of aromatic nitrogens is 2. The molecule has 1 aromatic carbocycles. The number of nitrogens with zero attached hydrogens (tertiary/aromatic N) is 2. The van der Waals surface area contributed by atoms with Crippen LogP contribution in [0.2, 0.25) is 0 Å². The summed E-state index contributed by atoms with van der Waals surface area (Å²) in [5.74, 6) is -2.59. The summed E-state index contributed by atoms with van der Waals surface area (Å²) in [5, 5.41) is 19.7. The van der Waals surface area contributed by atoms with Gasteiger partial charge in [0, 0.05) is 52.0 Å². The van der Waals surface area contributed by atoms with Gasteiger partial charge in [0.25, 0.3) is 0 Å². The van der Waals surface area contributed by atoms with Gasteiger partial charge in [0.15, 0.2) is 5.85 Å². The number of urea groups is 1. The minimum Gasteiger partial charge on any atom is -0.379 e. The van der Waals surface area contributed by atoms with E-state index in [1.54, 1.807) is 11.1 Å². The summed E-state index contributed by atoms with van der Waals surface area (Å²) in [5.41, 5.74) is 1.41. The molecule has 2 fully saturated rings. The van der Waals surface area contributed by atoms with Gasteiger partial charge in [0.1, 0.15) is 12.1 Å². The summed E-state index contributed by atoms with van der Waals surface area (Å²) >= 11 is 0. The van der Waals surface area contributed by atoms with Gasteiger partial charge in [-0.05, 0) is 17.9 Å². The average molecular weight is 663 g/mol. The van der Waals surface area contributed by atoms with Gasteiger partial charge >= 0.3 is 13.6 Å². The highest BCUT2D eigenvalue weighted by molar-refractivity contribution is 7.54.